The standard InChI is InChI=1S/C60H64/c1-35-28-37(3)50(38(4)29-35)54-45-32-43(58(7,8)9)26-27-44(45)52(41-22-18-16-19-23-41)56-55(51-39(5)30-36(2)31-40(51)6)47-34-49(60(13,14)15)48(59(10,11)12)33-46(47)53(57(54)56)42-24-20-17-21-25-42/h16-34H,1-15H3. The van der Waals surface area contributed by atoms with Crippen LogP contribution >= 0.6 is 0 Å². The van der Waals surface area contributed by atoms with E-state index in [4.69, 9.17) is 0 Å². The first-order chi connectivity index (χ1) is 28.2. The van der Waals surface area contributed by atoms with Gasteiger partial charge in [-0.2, -0.15) is 0 Å². The molecule has 0 saturated carbocycles. The quantitative estimate of drug-likeness (QED) is 0.156. The predicted molar refractivity (Wildman–Crippen MR) is 265 cm³/mol. The number of aryl methyl sites for hydroxylation is 6. The second kappa shape index (κ2) is 14.6. The number of hydrogen-bond acceptors (Lipinski definition) is 0. The number of benzene rings is 8. The molecule has 0 heteroatoms. The summed E-state index contributed by atoms with van der Waals surface area (Å²) in [6.45, 7) is 35.2. The Labute approximate surface area is 360 Å². The molecule has 0 heterocycles. The van der Waals surface area contributed by atoms with Gasteiger partial charge in [0.25, 0.3) is 0 Å². The highest BCUT2D eigenvalue weighted by Gasteiger charge is 2.32. The van der Waals surface area contributed by atoms with E-state index in [0.29, 0.717) is 0 Å². The molecule has 0 aliphatic carbocycles. The van der Waals surface area contributed by atoms with Crippen molar-refractivity contribution in [1.29, 1.82) is 0 Å². The van der Waals surface area contributed by atoms with Crippen molar-refractivity contribution in [1.82, 2.24) is 0 Å². The van der Waals surface area contributed by atoms with Crippen LogP contribution in [-0.4, -0.2) is 0 Å². The summed E-state index contributed by atoms with van der Waals surface area (Å²) in [5.74, 6) is 0. The molecule has 60 heavy (non-hydrogen) atoms. The average molecular weight is 785 g/mol. The first kappa shape index (κ1) is 41.3. The van der Waals surface area contributed by atoms with E-state index >= 15 is 0 Å². The van der Waals surface area contributed by atoms with E-state index in [-0.39, 0.29) is 16.2 Å². The zero-order chi connectivity index (χ0) is 43.2. The molecule has 0 unspecified atom stereocenters. The van der Waals surface area contributed by atoms with Gasteiger partial charge in [0.2, 0.25) is 0 Å². The molecular weight excluding hydrogens is 721 g/mol. The zero-order valence-electron chi connectivity index (χ0n) is 39.0. The second-order valence-electron chi connectivity index (χ2n) is 21.0. The normalized spacial score (nSPS) is 12.6. The van der Waals surface area contributed by atoms with Gasteiger partial charge in [-0.1, -0.05) is 171 Å². The van der Waals surface area contributed by atoms with Crippen molar-refractivity contribution < 1.29 is 0 Å². The Balaban J connectivity index is 1.87. The molecule has 0 aliphatic rings. The van der Waals surface area contributed by atoms with Crippen LogP contribution in [0.1, 0.15) is 112 Å². The topological polar surface area (TPSA) is 0 Å². The molecule has 0 radical (unpaired) electrons. The van der Waals surface area contributed by atoms with E-state index in [1.807, 2.05) is 0 Å². The van der Waals surface area contributed by atoms with Crippen molar-refractivity contribution in [2.75, 3.05) is 0 Å². The zero-order valence-corrected chi connectivity index (χ0v) is 39.0. The summed E-state index contributed by atoms with van der Waals surface area (Å²) in [7, 11) is 0. The van der Waals surface area contributed by atoms with Gasteiger partial charge in [0, 0.05) is 0 Å². The summed E-state index contributed by atoms with van der Waals surface area (Å²) in [5, 5.41) is 7.90. The van der Waals surface area contributed by atoms with E-state index in [9.17, 15) is 0 Å². The first-order valence-electron chi connectivity index (χ1n) is 22.0. The lowest BCUT2D eigenvalue weighted by molar-refractivity contribution is 0.531. The van der Waals surface area contributed by atoms with Crippen molar-refractivity contribution in [3.8, 4) is 44.5 Å². The lowest BCUT2D eigenvalue weighted by Gasteiger charge is -2.33. The van der Waals surface area contributed by atoms with Crippen molar-refractivity contribution >= 4 is 32.3 Å². The fourth-order valence-electron chi connectivity index (χ4n) is 10.5. The molecule has 8 aromatic carbocycles. The van der Waals surface area contributed by atoms with Gasteiger partial charge in [-0.3, -0.25) is 0 Å². The van der Waals surface area contributed by atoms with E-state index in [1.54, 1.807) is 0 Å². The van der Waals surface area contributed by atoms with Gasteiger partial charge in [0.15, 0.2) is 0 Å². The van der Waals surface area contributed by atoms with Gasteiger partial charge in [-0.05, 0) is 192 Å². The second-order valence-corrected chi connectivity index (χ2v) is 21.0. The monoisotopic (exact) mass is 785 g/mol. The van der Waals surface area contributed by atoms with Crippen LogP contribution in [0.3, 0.4) is 0 Å². The summed E-state index contributed by atoms with van der Waals surface area (Å²) in [5.41, 5.74) is 22.2. The van der Waals surface area contributed by atoms with Crippen LogP contribution < -0.4 is 0 Å². The highest BCUT2D eigenvalue weighted by atomic mass is 14.4. The minimum Gasteiger partial charge on any atom is -0.0622 e. The maximum absolute atomic E-state index is 2.61. The van der Waals surface area contributed by atoms with Crippen LogP contribution in [0.15, 0.2) is 115 Å². The van der Waals surface area contributed by atoms with Crippen molar-refractivity contribution in [2.24, 2.45) is 0 Å². The van der Waals surface area contributed by atoms with E-state index in [2.05, 4.69) is 219 Å². The SMILES string of the molecule is Cc1cc(C)c(-c2c3cc(C(C)(C)C)ccc3c(-c3ccccc3)c3c(-c4c(C)cc(C)cc4C)c4cc(C(C)(C)C)c(C(C)(C)C)cc4c(-c4ccccc4)c23)c(C)c1. The van der Waals surface area contributed by atoms with Gasteiger partial charge in [0.05, 0.1) is 0 Å². The Morgan fingerprint density at radius 3 is 1.02 bits per heavy atom. The number of fused-ring (bicyclic) bond motifs is 3. The maximum atomic E-state index is 2.61. The minimum absolute atomic E-state index is 0.0391. The molecule has 0 N–H and O–H groups in total. The maximum Gasteiger partial charge on any atom is -0.000118 e. The molecule has 0 aliphatic heterocycles. The molecule has 0 saturated heterocycles. The summed E-state index contributed by atoms with van der Waals surface area (Å²) in [6, 6.07) is 44.8. The summed E-state index contributed by atoms with van der Waals surface area (Å²) in [4.78, 5) is 0. The Morgan fingerprint density at radius 1 is 0.300 bits per heavy atom. The highest BCUT2D eigenvalue weighted by Crippen LogP contribution is 2.56. The van der Waals surface area contributed by atoms with E-state index in [0.717, 1.165) is 0 Å². The molecule has 0 amide bonds. The molecular formula is C60H64. The van der Waals surface area contributed by atoms with Gasteiger partial charge in [-0.15, -0.1) is 0 Å². The average Bonchev–Trinajstić information content (AvgIpc) is 3.15. The van der Waals surface area contributed by atoms with Crippen LogP contribution in [0.2, 0.25) is 0 Å². The molecule has 304 valence electrons. The minimum atomic E-state index is -0.0806. The fourth-order valence-corrected chi connectivity index (χ4v) is 10.5. The Hall–Kier alpha value is -5.46. The Bertz CT molecular complexity index is 2940. The van der Waals surface area contributed by atoms with Crippen LogP contribution in [0.25, 0.3) is 76.8 Å². The molecule has 0 atom stereocenters. The summed E-state index contributed by atoms with van der Waals surface area (Å²) >= 11 is 0. The van der Waals surface area contributed by atoms with Crippen LogP contribution in [0.4, 0.5) is 0 Å². The van der Waals surface area contributed by atoms with Gasteiger partial charge < -0.3 is 0 Å². The Morgan fingerprint density at radius 2 is 0.650 bits per heavy atom. The largest absolute Gasteiger partial charge is 0.0622 e. The summed E-state index contributed by atoms with van der Waals surface area (Å²) < 4.78 is 0. The van der Waals surface area contributed by atoms with Gasteiger partial charge in [-0.25, -0.2) is 0 Å². The van der Waals surface area contributed by atoms with Crippen molar-refractivity contribution in [3.63, 3.8) is 0 Å². The molecule has 8 aromatic rings. The lowest BCUT2D eigenvalue weighted by Crippen LogP contribution is -2.22. The molecule has 8 rings (SSSR count). The van der Waals surface area contributed by atoms with E-state index < -0.39 is 0 Å². The Kier molecular flexibility index (Phi) is 10.1. The molecule has 0 nitrogen and oxygen atoms in total. The molecule has 0 bridgehead atoms. The van der Waals surface area contributed by atoms with E-state index in [1.165, 1.54) is 127 Å². The van der Waals surface area contributed by atoms with Gasteiger partial charge in [0.1, 0.15) is 0 Å². The third kappa shape index (κ3) is 6.97. The number of rotatable bonds is 4. The fraction of sp³-hybridized carbons (Fsp3) is 0.300. The van der Waals surface area contributed by atoms with Crippen molar-refractivity contribution in [3.05, 3.63) is 165 Å². The molecule has 0 fully saturated rings. The smallest absolute Gasteiger partial charge is 0.000118 e. The highest BCUT2D eigenvalue weighted by molar-refractivity contribution is 6.34. The molecule has 0 aromatic heterocycles. The predicted octanol–water partition coefficient (Wildman–Crippen LogP) is 17.6. The van der Waals surface area contributed by atoms with Crippen LogP contribution in [0.5, 0.6) is 0 Å². The van der Waals surface area contributed by atoms with Crippen molar-refractivity contribution in [2.45, 2.75) is 120 Å². The number of hydrogen-bond donors (Lipinski definition) is 0. The van der Waals surface area contributed by atoms with Crippen LogP contribution in [-0.2, 0) is 16.2 Å². The van der Waals surface area contributed by atoms with Crippen LogP contribution in [0, 0.1) is 41.5 Å². The van der Waals surface area contributed by atoms with Gasteiger partial charge >= 0.3 is 0 Å². The molecule has 0 spiro atoms. The first-order valence-corrected chi connectivity index (χ1v) is 22.0. The lowest BCUT2D eigenvalue weighted by atomic mass is 9.71. The summed E-state index contributed by atoms with van der Waals surface area (Å²) in [6.07, 6.45) is 0. The third-order valence-electron chi connectivity index (χ3n) is 13.0. The third-order valence-corrected chi connectivity index (χ3v) is 13.0.